The number of aryl methyl sites for hydroxylation is 1. The highest BCUT2D eigenvalue weighted by Gasteiger charge is 2.30. The maximum Gasteiger partial charge on any atom is 0.244 e. The van der Waals surface area contributed by atoms with Crippen molar-refractivity contribution in [2.24, 2.45) is 0 Å². The zero-order valence-corrected chi connectivity index (χ0v) is 22.9. The van der Waals surface area contributed by atoms with Crippen LogP contribution in [0, 0.1) is 13.8 Å². The van der Waals surface area contributed by atoms with Gasteiger partial charge in [-0.2, -0.15) is 0 Å². The molecule has 2 amide bonds. The molecule has 0 unspecified atom stereocenters. The fourth-order valence-electron chi connectivity index (χ4n) is 3.55. The Kier molecular flexibility index (Phi) is 10.1. The molecule has 2 rings (SSSR count). The minimum atomic E-state index is -3.75. The van der Waals surface area contributed by atoms with Crippen LogP contribution in [0.25, 0.3) is 0 Å². The minimum absolute atomic E-state index is 0.172. The molecule has 9 heteroatoms. The van der Waals surface area contributed by atoms with Gasteiger partial charge < -0.3 is 10.2 Å². The van der Waals surface area contributed by atoms with Crippen LogP contribution in [0.3, 0.4) is 0 Å². The van der Waals surface area contributed by atoms with Crippen molar-refractivity contribution in [1.29, 1.82) is 0 Å². The van der Waals surface area contributed by atoms with E-state index in [1.807, 2.05) is 51.1 Å². The van der Waals surface area contributed by atoms with Crippen LogP contribution in [0.1, 0.15) is 43.4 Å². The number of rotatable bonds is 11. The monoisotopic (exact) mass is 551 g/mol. The van der Waals surface area contributed by atoms with Gasteiger partial charge >= 0.3 is 0 Å². The molecule has 0 radical (unpaired) electrons. The molecule has 1 N–H and O–H groups in total. The predicted octanol–water partition coefficient (Wildman–Crippen LogP) is 4.17. The lowest BCUT2D eigenvalue weighted by molar-refractivity contribution is -0.139. The molecule has 0 aliphatic carbocycles. The van der Waals surface area contributed by atoms with Gasteiger partial charge in [-0.15, -0.1) is 0 Å². The molecular formula is C25H34BrN3O4S. The fraction of sp³-hybridized carbons (Fsp3) is 0.440. The van der Waals surface area contributed by atoms with E-state index in [-0.39, 0.29) is 12.5 Å². The largest absolute Gasteiger partial charge is 0.354 e. The number of carbonyl (C=O) groups is 2. The van der Waals surface area contributed by atoms with Crippen molar-refractivity contribution in [3.63, 3.8) is 0 Å². The third-order valence-electron chi connectivity index (χ3n) is 5.76. The summed E-state index contributed by atoms with van der Waals surface area (Å²) in [5.74, 6) is -0.723. The molecule has 0 bridgehead atoms. The number of hydrogen-bond donors (Lipinski definition) is 1. The van der Waals surface area contributed by atoms with E-state index in [0.29, 0.717) is 12.2 Å². The molecule has 0 aliphatic heterocycles. The Morgan fingerprint density at radius 3 is 2.41 bits per heavy atom. The van der Waals surface area contributed by atoms with Gasteiger partial charge in [0.25, 0.3) is 0 Å². The summed E-state index contributed by atoms with van der Waals surface area (Å²) < 4.78 is 27.4. The maximum absolute atomic E-state index is 13.6. The average Bonchev–Trinajstić information content (AvgIpc) is 2.76. The molecule has 0 saturated carbocycles. The molecule has 186 valence electrons. The lowest BCUT2D eigenvalue weighted by Gasteiger charge is -2.32. The van der Waals surface area contributed by atoms with Gasteiger partial charge in [0.2, 0.25) is 21.8 Å². The van der Waals surface area contributed by atoms with Gasteiger partial charge in [-0.1, -0.05) is 53.5 Å². The predicted molar refractivity (Wildman–Crippen MR) is 140 cm³/mol. The van der Waals surface area contributed by atoms with Crippen LogP contribution in [0.2, 0.25) is 0 Å². The Morgan fingerprint density at radius 2 is 1.79 bits per heavy atom. The van der Waals surface area contributed by atoms with E-state index in [1.54, 1.807) is 19.1 Å². The second kappa shape index (κ2) is 12.4. The summed E-state index contributed by atoms with van der Waals surface area (Å²) in [6.07, 6.45) is 2.86. The molecule has 0 heterocycles. The van der Waals surface area contributed by atoms with Crippen LogP contribution in [-0.2, 0) is 26.2 Å². The molecule has 7 nitrogen and oxygen atoms in total. The molecule has 34 heavy (non-hydrogen) atoms. The minimum Gasteiger partial charge on any atom is -0.354 e. The summed E-state index contributed by atoms with van der Waals surface area (Å²) in [7, 11) is -3.75. The lowest BCUT2D eigenvalue weighted by Crippen LogP contribution is -2.51. The van der Waals surface area contributed by atoms with Gasteiger partial charge in [-0.25, -0.2) is 8.42 Å². The number of amides is 2. The van der Waals surface area contributed by atoms with Crippen molar-refractivity contribution in [1.82, 2.24) is 10.2 Å². The summed E-state index contributed by atoms with van der Waals surface area (Å²) in [5.41, 5.74) is 2.99. The van der Waals surface area contributed by atoms with E-state index in [4.69, 9.17) is 0 Å². The number of nitrogens with zero attached hydrogens (tertiary/aromatic N) is 2. The molecular weight excluding hydrogens is 518 g/mol. The van der Waals surface area contributed by atoms with E-state index in [2.05, 4.69) is 21.2 Å². The first-order valence-corrected chi connectivity index (χ1v) is 13.9. The van der Waals surface area contributed by atoms with Crippen molar-refractivity contribution < 1.29 is 18.0 Å². The summed E-state index contributed by atoms with van der Waals surface area (Å²) in [6.45, 7) is 7.72. The second-order valence-electron chi connectivity index (χ2n) is 8.46. The van der Waals surface area contributed by atoms with Crippen molar-refractivity contribution in [3.05, 3.63) is 63.6 Å². The standard InChI is InChI=1S/C25H34BrN3O4S/c1-6-7-14-27-25(31)20(4)28(16-21-11-9-12-22(26)15-21)24(30)17-29(34(5,32)33)23-13-8-10-18(2)19(23)3/h8-13,15,20H,6-7,14,16-17H2,1-5H3,(H,27,31)/t20-/m1/s1. The van der Waals surface area contributed by atoms with Gasteiger partial charge in [0.1, 0.15) is 12.6 Å². The number of carbonyl (C=O) groups excluding carboxylic acids is 2. The molecule has 1 atom stereocenters. The third kappa shape index (κ3) is 7.56. The Morgan fingerprint density at radius 1 is 1.12 bits per heavy atom. The summed E-state index contributed by atoms with van der Waals surface area (Å²) in [5, 5.41) is 2.87. The summed E-state index contributed by atoms with van der Waals surface area (Å²) in [4.78, 5) is 27.8. The van der Waals surface area contributed by atoms with E-state index in [1.165, 1.54) is 4.90 Å². The smallest absolute Gasteiger partial charge is 0.244 e. The van der Waals surface area contributed by atoms with E-state index in [9.17, 15) is 18.0 Å². The van der Waals surface area contributed by atoms with Gasteiger partial charge in [0.05, 0.1) is 11.9 Å². The van der Waals surface area contributed by atoms with E-state index in [0.717, 1.165) is 44.6 Å². The third-order valence-corrected chi connectivity index (χ3v) is 7.38. The van der Waals surface area contributed by atoms with Gasteiger partial charge in [-0.3, -0.25) is 13.9 Å². The second-order valence-corrected chi connectivity index (χ2v) is 11.3. The number of nitrogens with one attached hydrogen (secondary N) is 1. The number of unbranched alkanes of at least 4 members (excludes halogenated alkanes) is 1. The molecule has 0 aliphatic rings. The van der Waals surface area contributed by atoms with Crippen LogP contribution >= 0.6 is 15.9 Å². The number of sulfonamides is 1. The zero-order chi connectivity index (χ0) is 25.5. The first-order valence-electron chi connectivity index (χ1n) is 11.3. The van der Waals surface area contributed by atoms with Crippen LogP contribution in [0.5, 0.6) is 0 Å². The lowest BCUT2D eigenvalue weighted by atomic mass is 10.1. The molecule has 2 aromatic carbocycles. The highest BCUT2D eigenvalue weighted by molar-refractivity contribution is 9.10. The molecule has 0 spiro atoms. The van der Waals surface area contributed by atoms with E-state index < -0.39 is 28.5 Å². The maximum atomic E-state index is 13.6. The van der Waals surface area contributed by atoms with Crippen molar-refractivity contribution in [2.45, 2.75) is 53.1 Å². The first kappa shape index (κ1) is 27.9. The number of halogens is 1. The Balaban J connectivity index is 2.39. The van der Waals surface area contributed by atoms with Crippen LogP contribution in [-0.4, -0.2) is 50.5 Å². The fourth-order valence-corrected chi connectivity index (χ4v) is 4.90. The quantitative estimate of drug-likeness (QED) is 0.424. The molecule has 0 fully saturated rings. The Hall–Kier alpha value is -2.39. The van der Waals surface area contributed by atoms with Gasteiger partial charge in [0.15, 0.2) is 0 Å². The average molecular weight is 553 g/mol. The molecule has 0 saturated heterocycles. The number of benzene rings is 2. The van der Waals surface area contributed by atoms with Gasteiger partial charge in [-0.05, 0) is 62.1 Å². The summed E-state index contributed by atoms with van der Waals surface area (Å²) in [6, 6.07) is 12.0. The summed E-state index contributed by atoms with van der Waals surface area (Å²) >= 11 is 3.44. The SMILES string of the molecule is CCCCNC(=O)[C@@H](C)N(Cc1cccc(Br)c1)C(=O)CN(c1cccc(C)c1C)S(C)(=O)=O. The Labute approximate surface area is 211 Å². The molecule has 0 aromatic heterocycles. The van der Waals surface area contributed by atoms with E-state index >= 15 is 0 Å². The number of hydrogen-bond acceptors (Lipinski definition) is 4. The van der Waals surface area contributed by atoms with Crippen LogP contribution < -0.4 is 9.62 Å². The van der Waals surface area contributed by atoms with Crippen LogP contribution in [0.4, 0.5) is 5.69 Å². The topological polar surface area (TPSA) is 86.8 Å². The van der Waals surface area contributed by atoms with Crippen molar-refractivity contribution in [3.8, 4) is 0 Å². The zero-order valence-electron chi connectivity index (χ0n) is 20.5. The molecule has 2 aromatic rings. The Bertz CT molecular complexity index is 1120. The first-order chi connectivity index (χ1) is 16.0. The number of anilines is 1. The van der Waals surface area contributed by atoms with Crippen LogP contribution in [0.15, 0.2) is 46.9 Å². The highest BCUT2D eigenvalue weighted by Crippen LogP contribution is 2.25. The normalized spacial score (nSPS) is 12.2. The van der Waals surface area contributed by atoms with Crippen molar-refractivity contribution in [2.75, 3.05) is 23.7 Å². The highest BCUT2D eigenvalue weighted by atomic mass is 79.9. The van der Waals surface area contributed by atoms with Gasteiger partial charge in [0, 0.05) is 17.6 Å². The van der Waals surface area contributed by atoms with Crippen molar-refractivity contribution >= 4 is 43.5 Å².